The first-order valence-corrected chi connectivity index (χ1v) is 9.01. The van der Waals surface area contributed by atoms with Crippen LogP contribution in [-0.2, 0) is 6.61 Å². The van der Waals surface area contributed by atoms with Crippen LogP contribution in [0.4, 0.5) is 0 Å². The largest absolute Gasteiger partial charge is 0.489 e. The molecule has 0 atom stereocenters. The molecule has 0 spiro atoms. The summed E-state index contributed by atoms with van der Waals surface area (Å²) in [7, 11) is 0. The van der Waals surface area contributed by atoms with Crippen LogP contribution in [0.3, 0.4) is 0 Å². The topological polar surface area (TPSA) is 9.23 Å². The van der Waals surface area contributed by atoms with Crippen molar-refractivity contribution >= 4 is 23.5 Å². The van der Waals surface area contributed by atoms with E-state index in [2.05, 4.69) is 30.3 Å². The Kier molecular flexibility index (Phi) is 4.93. The molecule has 1 aliphatic heterocycles. The smallest absolute Gasteiger partial charge is 0.120 e. The normalized spacial score (nSPS) is 16.0. The van der Waals surface area contributed by atoms with Crippen LogP contribution in [0.2, 0.25) is 0 Å². The molecule has 0 aliphatic carbocycles. The monoisotopic (exact) mass is 302 g/mol. The number of hydrogen-bond acceptors (Lipinski definition) is 3. The summed E-state index contributed by atoms with van der Waals surface area (Å²) in [6.45, 7) is 0.634. The van der Waals surface area contributed by atoms with E-state index in [1.54, 1.807) is 0 Å². The zero-order valence-corrected chi connectivity index (χ0v) is 13.0. The summed E-state index contributed by atoms with van der Waals surface area (Å²) in [6, 6.07) is 18.9. The molecule has 1 nitrogen and oxygen atoms in total. The zero-order valence-electron chi connectivity index (χ0n) is 11.3. The van der Waals surface area contributed by atoms with Crippen LogP contribution in [0.25, 0.3) is 0 Å². The predicted octanol–water partition coefficient (Wildman–Crippen LogP) is 5.13. The molecular weight excluding hydrogens is 284 g/mol. The lowest BCUT2D eigenvalue weighted by molar-refractivity contribution is 0.306. The zero-order chi connectivity index (χ0) is 13.6. The molecule has 0 saturated carbocycles. The second-order valence-electron chi connectivity index (χ2n) is 4.77. The van der Waals surface area contributed by atoms with Gasteiger partial charge >= 0.3 is 0 Å². The van der Waals surface area contributed by atoms with Crippen molar-refractivity contribution in [2.75, 3.05) is 11.5 Å². The van der Waals surface area contributed by atoms with Crippen molar-refractivity contribution in [2.24, 2.45) is 0 Å². The van der Waals surface area contributed by atoms with Gasteiger partial charge in [0.2, 0.25) is 0 Å². The second-order valence-corrected chi connectivity index (χ2v) is 7.50. The summed E-state index contributed by atoms with van der Waals surface area (Å²) in [4.78, 5) is 0. The van der Waals surface area contributed by atoms with Gasteiger partial charge in [0, 0.05) is 0 Å². The molecule has 20 heavy (non-hydrogen) atoms. The molecule has 0 bridgehead atoms. The third-order valence-electron chi connectivity index (χ3n) is 3.21. The molecular formula is C17H18OS2. The molecule has 0 radical (unpaired) electrons. The van der Waals surface area contributed by atoms with E-state index in [9.17, 15) is 0 Å². The molecule has 3 heteroatoms. The maximum atomic E-state index is 5.91. The predicted molar refractivity (Wildman–Crippen MR) is 89.5 cm³/mol. The minimum atomic E-state index is 0.573. The van der Waals surface area contributed by atoms with Crippen LogP contribution >= 0.6 is 23.5 Å². The van der Waals surface area contributed by atoms with E-state index < -0.39 is 0 Å². The number of hydrogen-bond donors (Lipinski definition) is 0. The third-order valence-corrected chi connectivity index (χ3v) is 6.22. The number of benzene rings is 2. The van der Waals surface area contributed by atoms with Gasteiger partial charge < -0.3 is 4.74 Å². The maximum absolute atomic E-state index is 5.91. The Hall–Kier alpha value is -1.06. The third kappa shape index (κ3) is 3.74. The van der Waals surface area contributed by atoms with Crippen molar-refractivity contribution in [3.05, 3.63) is 65.7 Å². The van der Waals surface area contributed by atoms with E-state index in [1.165, 1.54) is 29.1 Å². The van der Waals surface area contributed by atoms with Gasteiger partial charge in [-0.15, -0.1) is 23.5 Å². The Morgan fingerprint density at radius 1 is 0.950 bits per heavy atom. The quantitative estimate of drug-likeness (QED) is 0.774. The van der Waals surface area contributed by atoms with Crippen LogP contribution in [0.1, 0.15) is 22.1 Å². The van der Waals surface area contributed by atoms with E-state index in [1.807, 2.05) is 47.8 Å². The highest BCUT2D eigenvalue weighted by molar-refractivity contribution is 8.16. The van der Waals surface area contributed by atoms with Gasteiger partial charge in [0.05, 0.1) is 4.58 Å². The molecule has 104 valence electrons. The van der Waals surface area contributed by atoms with Gasteiger partial charge in [0.15, 0.2) is 0 Å². The first-order valence-electron chi connectivity index (χ1n) is 6.92. The van der Waals surface area contributed by atoms with Crippen molar-refractivity contribution in [3.63, 3.8) is 0 Å². The molecule has 3 rings (SSSR count). The molecule has 1 saturated heterocycles. The summed E-state index contributed by atoms with van der Waals surface area (Å²) < 4.78 is 6.48. The Morgan fingerprint density at radius 2 is 1.75 bits per heavy atom. The fourth-order valence-corrected chi connectivity index (χ4v) is 5.05. The van der Waals surface area contributed by atoms with Gasteiger partial charge in [-0.3, -0.25) is 0 Å². The SMILES string of the molecule is c1ccc(COc2cccc(C3SCCCS3)c2)cc1. The fourth-order valence-electron chi connectivity index (χ4n) is 2.17. The van der Waals surface area contributed by atoms with E-state index >= 15 is 0 Å². The van der Waals surface area contributed by atoms with Gasteiger partial charge in [-0.2, -0.15) is 0 Å². The summed E-state index contributed by atoms with van der Waals surface area (Å²) in [5.41, 5.74) is 2.59. The lowest BCUT2D eigenvalue weighted by Crippen LogP contribution is -2.01. The Morgan fingerprint density at radius 3 is 2.55 bits per heavy atom. The summed E-state index contributed by atoms with van der Waals surface area (Å²) in [5, 5.41) is 0. The molecule has 0 amide bonds. The number of rotatable bonds is 4. The minimum Gasteiger partial charge on any atom is -0.489 e. The van der Waals surface area contributed by atoms with Crippen molar-refractivity contribution in [1.29, 1.82) is 0 Å². The lowest BCUT2D eigenvalue weighted by Gasteiger charge is -2.21. The molecule has 2 aromatic rings. The summed E-state index contributed by atoms with van der Waals surface area (Å²) in [6.07, 6.45) is 1.33. The molecule has 1 aliphatic rings. The van der Waals surface area contributed by atoms with Gasteiger partial charge in [-0.05, 0) is 41.2 Å². The van der Waals surface area contributed by atoms with Gasteiger partial charge in [-0.1, -0.05) is 42.5 Å². The van der Waals surface area contributed by atoms with Crippen molar-refractivity contribution < 1.29 is 4.74 Å². The Balaban J connectivity index is 1.65. The molecule has 1 heterocycles. The minimum absolute atomic E-state index is 0.573. The van der Waals surface area contributed by atoms with Crippen molar-refractivity contribution in [2.45, 2.75) is 17.6 Å². The first kappa shape index (κ1) is 13.9. The van der Waals surface area contributed by atoms with Gasteiger partial charge in [0.1, 0.15) is 12.4 Å². The average molecular weight is 302 g/mol. The van der Waals surface area contributed by atoms with Crippen molar-refractivity contribution in [1.82, 2.24) is 0 Å². The highest BCUT2D eigenvalue weighted by Crippen LogP contribution is 2.44. The maximum Gasteiger partial charge on any atom is 0.120 e. The average Bonchev–Trinajstić information content (AvgIpc) is 2.55. The number of ether oxygens (including phenoxy) is 1. The summed E-state index contributed by atoms with van der Waals surface area (Å²) >= 11 is 4.09. The van der Waals surface area contributed by atoms with E-state index in [0.717, 1.165) is 5.75 Å². The van der Waals surface area contributed by atoms with Crippen LogP contribution in [0.15, 0.2) is 54.6 Å². The van der Waals surface area contributed by atoms with E-state index in [-0.39, 0.29) is 0 Å². The van der Waals surface area contributed by atoms with Crippen LogP contribution in [0.5, 0.6) is 5.75 Å². The van der Waals surface area contributed by atoms with E-state index in [0.29, 0.717) is 11.2 Å². The molecule has 0 unspecified atom stereocenters. The Labute approximate surface area is 129 Å². The van der Waals surface area contributed by atoms with Crippen LogP contribution < -0.4 is 4.74 Å². The van der Waals surface area contributed by atoms with Crippen LogP contribution in [0, 0.1) is 0 Å². The molecule has 0 aromatic heterocycles. The standard InChI is InChI=1S/C17H18OS2/c1-2-6-14(7-3-1)13-18-16-9-4-8-15(12-16)17-19-10-5-11-20-17/h1-4,6-9,12,17H,5,10-11,13H2. The number of thioether (sulfide) groups is 2. The van der Waals surface area contributed by atoms with Gasteiger partial charge in [-0.25, -0.2) is 0 Å². The molecule has 1 fully saturated rings. The lowest BCUT2D eigenvalue weighted by atomic mass is 10.2. The first-order chi connectivity index (χ1) is 9.92. The molecule has 0 N–H and O–H groups in total. The van der Waals surface area contributed by atoms with Crippen molar-refractivity contribution in [3.8, 4) is 5.75 Å². The van der Waals surface area contributed by atoms with Gasteiger partial charge in [0.25, 0.3) is 0 Å². The van der Waals surface area contributed by atoms with E-state index in [4.69, 9.17) is 4.74 Å². The second kappa shape index (κ2) is 7.09. The highest BCUT2D eigenvalue weighted by atomic mass is 32.2. The Bertz CT molecular complexity index is 536. The highest BCUT2D eigenvalue weighted by Gasteiger charge is 2.16. The fraction of sp³-hybridized carbons (Fsp3) is 0.294. The van der Waals surface area contributed by atoms with Crippen LogP contribution in [-0.4, -0.2) is 11.5 Å². The molecule has 2 aromatic carbocycles. The summed E-state index contributed by atoms with van der Waals surface area (Å²) in [5.74, 6) is 3.51.